The zero-order valence-electron chi connectivity index (χ0n) is 12.0. The maximum atomic E-state index is 11.8. The number of carbonyl (C=O) groups is 1. The Kier molecular flexibility index (Phi) is 4.27. The lowest BCUT2D eigenvalue weighted by Crippen LogP contribution is -2.45. The molecule has 1 N–H and O–H groups in total. The number of nitrogens with one attached hydrogen (secondary N) is 1. The molecule has 1 heterocycles. The van der Waals surface area contributed by atoms with Gasteiger partial charge in [-0.05, 0) is 34.6 Å². The highest BCUT2D eigenvalue weighted by atomic mass is 16.2. The van der Waals surface area contributed by atoms with Crippen LogP contribution in [-0.4, -0.2) is 35.0 Å². The van der Waals surface area contributed by atoms with E-state index in [9.17, 15) is 4.79 Å². The molecule has 5 nitrogen and oxygen atoms in total. The van der Waals surface area contributed by atoms with Crippen molar-refractivity contribution in [2.24, 2.45) is 0 Å². The van der Waals surface area contributed by atoms with Crippen LogP contribution in [0, 0.1) is 13.8 Å². The van der Waals surface area contributed by atoms with Crippen molar-refractivity contribution < 1.29 is 4.79 Å². The number of rotatable bonds is 3. The Balaban J connectivity index is 2.70. The van der Waals surface area contributed by atoms with Gasteiger partial charge in [0.15, 0.2) is 0 Å². The molecule has 0 radical (unpaired) electrons. The summed E-state index contributed by atoms with van der Waals surface area (Å²) in [5.74, 6) is 1.47. The summed E-state index contributed by atoms with van der Waals surface area (Å²) in [7, 11) is 1.85. The Morgan fingerprint density at radius 2 is 1.94 bits per heavy atom. The van der Waals surface area contributed by atoms with Crippen molar-refractivity contribution in [3.63, 3.8) is 0 Å². The van der Waals surface area contributed by atoms with Gasteiger partial charge in [-0.2, -0.15) is 0 Å². The van der Waals surface area contributed by atoms with Gasteiger partial charge >= 0.3 is 0 Å². The fourth-order valence-electron chi connectivity index (χ4n) is 1.65. The quantitative estimate of drug-likeness (QED) is 0.882. The number of amides is 1. The van der Waals surface area contributed by atoms with Gasteiger partial charge in [0.1, 0.15) is 11.6 Å². The standard InChI is InChI=1S/C13H22N4O/c1-9-7-11(15-10(2)14-9)17(6)8-12(18)16-13(3,4)5/h7H,8H2,1-6H3,(H,16,18). The summed E-state index contributed by atoms with van der Waals surface area (Å²) in [5.41, 5.74) is 0.690. The van der Waals surface area contributed by atoms with E-state index in [1.807, 2.05) is 52.6 Å². The predicted molar refractivity (Wildman–Crippen MR) is 72.7 cm³/mol. The van der Waals surface area contributed by atoms with Gasteiger partial charge in [-0.15, -0.1) is 0 Å². The monoisotopic (exact) mass is 250 g/mol. The van der Waals surface area contributed by atoms with E-state index in [-0.39, 0.29) is 18.0 Å². The van der Waals surface area contributed by atoms with Crippen LogP contribution < -0.4 is 10.2 Å². The molecule has 0 aromatic carbocycles. The fourth-order valence-corrected chi connectivity index (χ4v) is 1.65. The number of aromatic nitrogens is 2. The average molecular weight is 250 g/mol. The highest BCUT2D eigenvalue weighted by Crippen LogP contribution is 2.10. The van der Waals surface area contributed by atoms with Gasteiger partial charge < -0.3 is 10.2 Å². The molecular formula is C13H22N4O. The molecule has 5 heteroatoms. The van der Waals surface area contributed by atoms with Crippen molar-refractivity contribution in [2.45, 2.75) is 40.2 Å². The third-order valence-corrected chi connectivity index (χ3v) is 2.24. The molecule has 0 aliphatic rings. The van der Waals surface area contributed by atoms with Gasteiger partial charge in [0, 0.05) is 24.3 Å². The lowest BCUT2D eigenvalue weighted by atomic mass is 10.1. The maximum Gasteiger partial charge on any atom is 0.239 e. The summed E-state index contributed by atoms with van der Waals surface area (Å²) in [4.78, 5) is 22.2. The topological polar surface area (TPSA) is 58.1 Å². The second-order valence-corrected chi connectivity index (χ2v) is 5.57. The molecule has 0 saturated carbocycles. The highest BCUT2D eigenvalue weighted by molar-refractivity contribution is 5.81. The predicted octanol–water partition coefficient (Wildman–Crippen LogP) is 1.44. The average Bonchev–Trinajstić information content (AvgIpc) is 2.12. The van der Waals surface area contributed by atoms with Crippen LogP contribution in [0.15, 0.2) is 6.07 Å². The summed E-state index contributed by atoms with van der Waals surface area (Å²) in [6, 6.07) is 1.87. The minimum absolute atomic E-state index is 0.0149. The van der Waals surface area contributed by atoms with Crippen molar-refractivity contribution in [2.75, 3.05) is 18.5 Å². The van der Waals surface area contributed by atoms with E-state index in [0.717, 1.165) is 11.5 Å². The molecule has 1 aromatic heterocycles. The summed E-state index contributed by atoms with van der Waals surface area (Å²) < 4.78 is 0. The van der Waals surface area contributed by atoms with Gasteiger partial charge in [-0.1, -0.05) is 0 Å². The molecule has 1 rings (SSSR count). The lowest BCUT2D eigenvalue weighted by Gasteiger charge is -2.24. The number of anilines is 1. The first kappa shape index (κ1) is 14.4. The largest absolute Gasteiger partial charge is 0.350 e. The molecule has 0 bridgehead atoms. The number of hydrogen-bond acceptors (Lipinski definition) is 4. The Labute approximate surface area is 109 Å². The highest BCUT2D eigenvalue weighted by Gasteiger charge is 2.16. The first-order valence-corrected chi connectivity index (χ1v) is 6.02. The number of carbonyl (C=O) groups excluding carboxylic acids is 1. The number of aryl methyl sites for hydroxylation is 2. The van der Waals surface area contributed by atoms with Crippen molar-refractivity contribution in [1.29, 1.82) is 0 Å². The number of hydrogen-bond donors (Lipinski definition) is 1. The molecule has 0 saturated heterocycles. The zero-order valence-corrected chi connectivity index (χ0v) is 12.0. The summed E-state index contributed by atoms with van der Waals surface area (Å²) >= 11 is 0. The smallest absolute Gasteiger partial charge is 0.239 e. The molecule has 18 heavy (non-hydrogen) atoms. The summed E-state index contributed by atoms with van der Waals surface area (Å²) in [5, 5.41) is 2.93. The number of likely N-dealkylation sites (N-methyl/N-ethyl adjacent to an activating group) is 1. The minimum Gasteiger partial charge on any atom is -0.350 e. The Bertz CT molecular complexity index is 417. The first-order chi connectivity index (χ1) is 8.17. The Morgan fingerprint density at radius 3 is 2.44 bits per heavy atom. The van der Waals surface area contributed by atoms with Gasteiger partial charge in [0.2, 0.25) is 5.91 Å². The second kappa shape index (κ2) is 5.33. The Hall–Kier alpha value is -1.65. The Morgan fingerprint density at radius 1 is 1.33 bits per heavy atom. The van der Waals surface area contributed by atoms with E-state index in [0.29, 0.717) is 5.82 Å². The van der Waals surface area contributed by atoms with Crippen LogP contribution in [0.2, 0.25) is 0 Å². The van der Waals surface area contributed by atoms with Crippen molar-refractivity contribution in [3.05, 3.63) is 17.6 Å². The summed E-state index contributed by atoms with van der Waals surface area (Å²) in [6.07, 6.45) is 0. The zero-order chi connectivity index (χ0) is 13.9. The van der Waals surface area contributed by atoms with E-state index < -0.39 is 0 Å². The van der Waals surface area contributed by atoms with E-state index in [1.165, 1.54) is 0 Å². The molecule has 1 aromatic rings. The van der Waals surface area contributed by atoms with E-state index in [1.54, 1.807) is 0 Å². The fraction of sp³-hybridized carbons (Fsp3) is 0.615. The normalized spacial score (nSPS) is 11.2. The van der Waals surface area contributed by atoms with Crippen molar-refractivity contribution in [3.8, 4) is 0 Å². The van der Waals surface area contributed by atoms with Crippen LogP contribution in [0.5, 0.6) is 0 Å². The molecule has 0 unspecified atom stereocenters. The van der Waals surface area contributed by atoms with Gasteiger partial charge in [-0.3, -0.25) is 4.79 Å². The first-order valence-electron chi connectivity index (χ1n) is 6.02. The molecule has 0 spiro atoms. The van der Waals surface area contributed by atoms with Gasteiger partial charge in [0.25, 0.3) is 0 Å². The molecular weight excluding hydrogens is 228 g/mol. The molecule has 0 aliphatic heterocycles. The minimum atomic E-state index is -0.213. The molecule has 0 atom stereocenters. The van der Waals surface area contributed by atoms with Crippen LogP contribution >= 0.6 is 0 Å². The number of nitrogens with zero attached hydrogens (tertiary/aromatic N) is 3. The van der Waals surface area contributed by atoms with Crippen molar-refractivity contribution >= 4 is 11.7 Å². The second-order valence-electron chi connectivity index (χ2n) is 5.57. The van der Waals surface area contributed by atoms with Crippen LogP contribution in [0.3, 0.4) is 0 Å². The van der Waals surface area contributed by atoms with E-state index in [2.05, 4.69) is 15.3 Å². The van der Waals surface area contributed by atoms with Crippen LogP contribution in [-0.2, 0) is 4.79 Å². The molecule has 0 fully saturated rings. The SMILES string of the molecule is Cc1cc(N(C)CC(=O)NC(C)(C)C)nc(C)n1. The maximum absolute atomic E-state index is 11.8. The van der Waals surface area contributed by atoms with Gasteiger partial charge in [-0.25, -0.2) is 9.97 Å². The van der Waals surface area contributed by atoms with Crippen LogP contribution in [0.25, 0.3) is 0 Å². The summed E-state index contributed by atoms with van der Waals surface area (Å²) in [6.45, 7) is 9.94. The molecule has 1 amide bonds. The van der Waals surface area contributed by atoms with E-state index in [4.69, 9.17) is 0 Å². The molecule has 0 aliphatic carbocycles. The van der Waals surface area contributed by atoms with Gasteiger partial charge in [0.05, 0.1) is 6.54 Å². The lowest BCUT2D eigenvalue weighted by molar-refractivity contribution is -0.121. The van der Waals surface area contributed by atoms with E-state index >= 15 is 0 Å². The van der Waals surface area contributed by atoms with Crippen LogP contribution in [0.4, 0.5) is 5.82 Å². The third-order valence-electron chi connectivity index (χ3n) is 2.24. The molecule has 100 valence electrons. The van der Waals surface area contributed by atoms with Crippen molar-refractivity contribution in [1.82, 2.24) is 15.3 Å². The third kappa shape index (κ3) is 4.69. The van der Waals surface area contributed by atoms with Crippen LogP contribution in [0.1, 0.15) is 32.3 Å².